The van der Waals surface area contributed by atoms with Crippen LogP contribution in [0, 0.1) is 13.8 Å². The number of carbonyl (C=O) groups is 1. The monoisotopic (exact) mass is 482 g/mol. The zero-order valence-corrected chi connectivity index (χ0v) is 20.1. The summed E-state index contributed by atoms with van der Waals surface area (Å²) in [5, 5.41) is 5.23. The van der Waals surface area contributed by atoms with Crippen molar-refractivity contribution in [1.29, 1.82) is 0 Å². The average Bonchev–Trinajstić information content (AvgIpc) is 3.18. The van der Waals surface area contributed by atoms with Crippen molar-refractivity contribution in [3.8, 4) is 17.0 Å². The van der Waals surface area contributed by atoms with Crippen LogP contribution < -0.4 is 15.7 Å². The van der Waals surface area contributed by atoms with Gasteiger partial charge in [0.1, 0.15) is 16.3 Å². The molecule has 4 aromatic rings. The van der Waals surface area contributed by atoms with E-state index in [-0.39, 0.29) is 12.3 Å². The number of nitrogens with zero attached hydrogens (tertiary/aromatic N) is 1. The molecular formula is C25H23ClN2O4S. The lowest BCUT2D eigenvalue weighted by atomic mass is 10.0. The lowest BCUT2D eigenvalue weighted by Gasteiger charge is -2.09. The first-order valence-corrected chi connectivity index (χ1v) is 11.6. The number of aromatic nitrogens is 1. The molecule has 0 saturated carbocycles. The molecule has 2 aromatic heterocycles. The van der Waals surface area contributed by atoms with Crippen LogP contribution in [0.25, 0.3) is 22.2 Å². The molecule has 1 N–H and O–H groups in total. The molecule has 0 saturated heterocycles. The van der Waals surface area contributed by atoms with Crippen molar-refractivity contribution in [1.82, 2.24) is 10.3 Å². The van der Waals surface area contributed by atoms with E-state index in [4.69, 9.17) is 20.8 Å². The highest BCUT2D eigenvalue weighted by molar-refractivity contribution is 7.12. The van der Waals surface area contributed by atoms with Crippen molar-refractivity contribution in [2.45, 2.75) is 33.2 Å². The summed E-state index contributed by atoms with van der Waals surface area (Å²) in [4.78, 5) is 30.7. The second-order valence-electron chi connectivity index (χ2n) is 7.65. The fourth-order valence-electron chi connectivity index (χ4n) is 3.69. The van der Waals surface area contributed by atoms with Crippen molar-refractivity contribution in [2.75, 3.05) is 7.11 Å². The Bertz CT molecular complexity index is 1380. The molecule has 8 heteroatoms. The van der Waals surface area contributed by atoms with E-state index in [0.29, 0.717) is 34.9 Å². The molecule has 0 radical (unpaired) electrons. The van der Waals surface area contributed by atoms with Gasteiger partial charge in [0.15, 0.2) is 0 Å². The number of carbonyl (C=O) groups excluding carboxylic acids is 1. The van der Waals surface area contributed by atoms with Gasteiger partial charge in [-0.05, 0) is 50.1 Å². The number of halogens is 1. The minimum atomic E-state index is -0.427. The molecule has 33 heavy (non-hydrogen) atoms. The smallest absolute Gasteiger partial charge is 0.339 e. The molecule has 4 rings (SSSR count). The Morgan fingerprint density at radius 3 is 2.67 bits per heavy atom. The number of hydrogen-bond acceptors (Lipinski definition) is 6. The first-order valence-electron chi connectivity index (χ1n) is 10.4. The fraction of sp³-hybridized carbons (Fsp3) is 0.240. The maximum Gasteiger partial charge on any atom is 0.339 e. The molecule has 0 bridgehead atoms. The van der Waals surface area contributed by atoms with Crippen molar-refractivity contribution in [2.24, 2.45) is 0 Å². The Labute approximate surface area is 200 Å². The second kappa shape index (κ2) is 9.77. The molecule has 2 heterocycles. The van der Waals surface area contributed by atoms with E-state index in [2.05, 4.69) is 10.3 Å². The number of fused-ring (bicyclic) bond motifs is 1. The van der Waals surface area contributed by atoms with Crippen LogP contribution in [0.2, 0.25) is 5.02 Å². The largest absolute Gasteiger partial charge is 0.497 e. The van der Waals surface area contributed by atoms with Crippen molar-refractivity contribution in [3.63, 3.8) is 0 Å². The summed E-state index contributed by atoms with van der Waals surface area (Å²) in [7, 11) is 1.56. The van der Waals surface area contributed by atoms with Gasteiger partial charge in [-0.25, -0.2) is 9.78 Å². The molecule has 0 aliphatic rings. The molecule has 2 aromatic carbocycles. The number of nitrogens with one attached hydrogen (secondary N) is 1. The zero-order chi connectivity index (χ0) is 23.5. The Hall–Kier alpha value is -3.16. The van der Waals surface area contributed by atoms with E-state index in [9.17, 15) is 9.59 Å². The fourth-order valence-corrected chi connectivity index (χ4v) is 4.72. The molecule has 6 nitrogen and oxygen atoms in total. The summed E-state index contributed by atoms with van der Waals surface area (Å²) in [5.41, 5.74) is 3.26. The van der Waals surface area contributed by atoms with Crippen LogP contribution in [0.1, 0.15) is 27.4 Å². The number of ether oxygens (including phenoxy) is 1. The van der Waals surface area contributed by atoms with Crippen LogP contribution in [0.15, 0.2) is 51.7 Å². The number of methoxy groups -OCH3 is 1. The predicted molar refractivity (Wildman–Crippen MR) is 131 cm³/mol. The SMILES string of the molecule is COc1ccc2c(C)c(CCC(=O)NCc3nc(-c4ccc(Cl)cc4)c(C)s3)c(=O)oc2c1. The van der Waals surface area contributed by atoms with E-state index >= 15 is 0 Å². The van der Waals surface area contributed by atoms with E-state index in [0.717, 1.165) is 32.1 Å². The molecule has 0 aliphatic carbocycles. The third-order valence-corrected chi connectivity index (χ3v) is 6.71. The maximum absolute atomic E-state index is 12.5. The number of aryl methyl sites for hydroxylation is 2. The van der Waals surface area contributed by atoms with Gasteiger partial charge in [-0.1, -0.05) is 23.7 Å². The number of amides is 1. The first-order chi connectivity index (χ1) is 15.9. The average molecular weight is 483 g/mol. The maximum atomic E-state index is 12.5. The normalized spacial score (nSPS) is 11.0. The predicted octanol–water partition coefficient (Wildman–Crippen LogP) is 5.44. The zero-order valence-electron chi connectivity index (χ0n) is 18.5. The molecule has 0 atom stereocenters. The standard InChI is InChI=1S/C25H23ClN2O4S/c1-14-19-9-8-18(31-3)12-21(19)32-25(30)20(14)10-11-22(29)27-13-23-28-24(15(2)33-23)16-4-6-17(26)7-5-16/h4-9,12H,10-11,13H2,1-3H3,(H,27,29). The minimum absolute atomic E-state index is 0.149. The Kier molecular flexibility index (Phi) is 6.81. The van der Waals surface area contributed by atoms with Gasteiger partial charge in [0.2, 0.25) is 5.91 Å². The molecule has 0 aliphatic heterocycles. The van der Waals surface area contributed by atoms with Gasteiger partial charge in [0.05, 0.1) is 19.3 Å². The van der Waals surface area contributed by atoms with E-state index in [1.165, 1.54) is 0 Å². The molecule has 0 unspecified atom stereocenters. The van der Waals surface area contributed by atoms with Crippen LogP contribution in [-0.4, -0.2) is 18.0 Å². The van der Waals surface area contributed by atoms with Gasteiger partial charge in [-0.3, -0.25) is 4.79 Å². The highest BCUT2D eigenvalue weighted by atomic mass is 35.5. The van der Waals surface area contributed by atoms with Crippen LogP contribution >= 0.6 is 22.9 Å². The molecule has 1 amide bonds. The number of benzene rings is 2. The molecule has 0 fully saturated rings. The van der Waals surface area contributed by atoms with Crippen LogP contribution in [0.5, 0.6) is 5.75 Å². The summed E-state index contributed by atoms with van der Waals surface area (Å²) in [6.07, 6.45) is 0.483. The Morgan fingerprint density at radius 1 is 1.18 bits per heavy atom. The number of rotatable bonds is 7. The summed E-state index contributed by atoms with van der Waals surface area (Å²) < 4.78 is 10.6. The molecular weight excluding hydrogens is 460 g/mol. The Balaban J connectivity index is 1.40. The van der Waals surface area contributed by atoms with E-state index < -0.39 is 5.63 Å². The second-order valence-corrected chi connectivity index (χ2v) is 9.38. The minimum Gasteiger partial charge on any atom is -0.497 e. The van der Waals surface area contributed by atoms with Gasteiger partial charge >= 0.3 is 5.63 Å². The third-order valence-electron chi connectivity index (χ3n) is 5.49. The summed E-state index contributed by atoms with van der Waals surface area (Å²) in [6.45, 7) is 4.21. The highest BCUT2D eigenvalue weighted by Gasteiger charge is 2.15. The van der Waals surface area contributed by atoms with Crippen molar-refractivity contribution in [3.05, 3.63) is 78.9 Å². The van der Waals surface area contributed by atoms with Crippen LogP contribution in [0.4, 0.5) is 0 Å². The lowest BCUT2D eigenvalue weighted by molar-refractivity contribution is -0.121. The lowest BCUT2D eigenvalue weighted by Crippen LogP contribution is -2.24. The van der Waals surface area contributed by atoms with Gasteiger partial charge in [0, 0.05) is 38.9 Å². The molecule has 170 valence electrons. The van der Waals surface area contributed by atoms with E-state index in [1.807, 2.05) is 50.2 Å². The van der Waals surface area contributed by atoms with Gasteiger partial charge in [-0.15, -0.1) is 11.3 Å². The van der Waals surface area contributed by atoms with E-state index in [1.54, 1.807) is 24.5 Å². The summed E-state index contributed by atoms with van der Waals surface area (Å²) in [6, 6.07) is 12.9. The Morgan fingerprint density at radius 2 is 1.94 bits per heavy atom. The van der Waals surface area contributed by atoms with Crippen molar-refractivity contribution < 1.29 is 13.9 Å². The number of thiazole rings is 1. The van der Waals surface area contributed by atoms with Crippen molar-refractivity contribution >= 4 is 39.8 Å². The topological polar surface area (TPSA) is 81.4 Å². The summed E-state index contributed by atoms with van der Waals surface area (Å²) >= 11 is 7.51. The first kappa shape index (κ1) is 23.0. The van der Waals surface area contributed by atoms with Gasteiger partial charge < -0.3 is 14.5 Å². The molecule has 0 spiro atoms. The van der Waals surface area contributed by atoms with Gasteiger partial charge in [0.25, 0.3) is 0 Å². The number of hydrogen-bond donors (Lipinski definition) is 1. The summed E-state index contributed by atoms with van der Waals surface area (Å²) in [5.74, 6) is 0.471. The third kappa shape index (κ3) is 5.10. The van der Waals surface area contributed by atoms with Gasteiger partial charge in [-0.2, -0.15) is 0 Å². The highest BCUT2D eigenvalue weighted by Crippen LogP contribution is 2.28. The van der Waals surface area contributed by atoms with Crippen LogP contribution in [0.3, 0.4) is 0 Å². The quantitative estimate of drug-likeness (QED) is 0.354. The van der Waals surface area contributed by atoms with Crippen LogP contribution in [-0.2, 0) is 17.8 Å².